The van der Waals surface area contributed by atoms with Gasteiger partial charge in [0, 0.05) is 10.4 Å². The van der Waals surface area contributed by atoms with Crippen molar-refractivity contribution in [3.63, 3.8) is 0 Å². The molecule has 6 nitrogen and oxygen atoms in total. The Kier molecular flexibility index (Phi) is 4.15. The molecule has 2 aromatic rings. The molecule has 1 aromatic heterocycles. The normalized spacial score (nSPS) is 16.7. The summed E-state index contributed by atoms with van der Waals surface area (Å²) >= 11 is 0.930. The van der Waals surface area contributed by atoms with E-state index >= 15 is 0 Å². The van der Waals surface area contributed by atoms with E-state index in [1.807, 2.05) is 0 Å². The smallest absolute Gasteiger partial charge is 0.471 e. The molecule has 0 saturated heterocycles. The minimum absolute atomic E-state index is 0.151. The van der Waals surface area contributed by atoms with Gasteiger partial charge in [-0.15, -0.1) is 11.3 Å². The second-order valence-corrected chi connectivity index (χ2v) is 6.54. The first-order valence-corrected chi connectivity index (χ1v) is 7.94. The average Bonchev–Trinajstić information content (AvgIpc) is 2.87. The van der Waals surface area contributed by atoms with Crippen molar-refractivity contribution in [1.82, 2.24) is 4.98 Å². The Morgan fingerprint density at radius 3 is 2.80 bits per heavy atom. The molecule has 25 heavy (non-hydrogen) atoms. The first-order valence-electron chi connectivity index (χ1n) is 7.12. The summed E-state index contributed by atoms with van der Waals surface area (Å²) in [6, 6.07) is 4.95. The van der Waals surface area contributed by atoms with E-state index in [0.717, 1.165) is 11.3 Å². The van der Waals surface area contributed by atoms with Gasteiger partial charge < -0.3 is 10.1 Å². The summed E-state index contributed by atoms with van der Waals surface area (Å²) in [5.41, 5.74) is 1.45. The van der Waals surface area contributed by atoms with Gasteiger partial charge in [-0.2, -0.15) is 13.2 Å². The standard InChI is InChI=1S/C15H12F3N3O3S/c1-6-12(22)19-9-5-8(3-4-10(9)24-6)11-7(2)25-14(20-11)21-13(23)15(16,17)18/h3-6H,1-2H3,(H,19,22)(H,20,21,23). The zero-order valence-corrected chi connectivity index (χ0v) is 13.8. The van der Waals surface area contributed by atoms with Gasteiger partial charge in [-0.1, -0.05) is 0 Å². The highest BCUT2D eigenvalue weighted by atomic mass is 32.1. The van der Waals surface area contributed by atoms with Crippen LogP contribution in [0.15, 0.2) is 18.2 Å². The molecule has 1 aromatic carbocycles. The van der Waals surface area contributed by atoms with E-state index in [-0.39, 0.29) is 11.0 Å². The number of carbonyl (C=O) groups excluding carboxylic acids is 2. The van der Waals surface area contributed by atoms with Crippen LogP contribution in [0.3, 0.4) is 0 Å². The number of anilines is 2. The first-order chi connectivity index (χ1) is 11.6. The number of amides is 2. The summed E-state index contributed by atoms with van der Waals surface area (Å²) in [6.07, 6.45) is -5.59. The summed E-state index contributed by atoms with van der Waals surface area (Å²) in [5, 5.41) is 4.28. The van der Waals surface area contributed by atoms with Crippen LogP contribution in [0.4, 0.5) is 24.0 Å². The summed E-state index contributed by atoms with van der Waals surface area (Å²) in [6.45, 7) is 3.29. The number of halogens is 3. The molecule has 1 unspecified atom stereocenters. The van der Waals surface area contributed by atoms with Gasteiger partial charge in [0.2, 0.25) is 0 Å². The topological polar surface area (TPSA) is 80.3 Å². The molecule has 0 radical (unpaired) electrons. The number of fused-ring (bicyclic) bond motifs is 1. The third-order valence-corrected chi connectivity index (χ3v) is 4.34. The maximum Gasteiger partial charge on any atom is 0.471 e. The van der Waals surface area contributed by atoms with Crippen molar-refractivity contribution in [3.8, 4) is 17.0 Å². The second kappa shape index (κ2) is 6.03. The number of aromatic nitrogens is 1. The lowest BCUT2D eigenvalue weighted by atomic mass is 10.1. The van der Waals surface area contributed by atoms with Crippen LogP contribution in [0.1, 0.15) is 11.8 Å². The van der Waals surface area contributed by atoms with E-state index < -0.39 is 18.2 Å². The Morgan fingerprint density at radius 1 is 1.40 bits per heavy atom. The van der Waals surface area contributed by atoms with Gasteiger partial charge in [-0.25, -0.2) is 4.98 Å². The Hall–Kier alpha value is -2.62. The number of alkyl halides is 3. The van der Waals surface area contributed by atoms with Gasteiger partial charge in [0.05, 0.1) is 11.4 Å². The highest BCUT2D eigenvalue weighted by molar-refractivity contribution is 7.16. The fourth-order valence-electron chi connectivity index (χ4n) is 2.24. The molecule has 0 aliphatic carbocycles. The lowest BCUT2D eigenvalue weighted by molar-refractivity contribution is -0.167. The van der Waals surface area contributed by atoms with E-state index in [2.05, 4.69) is 10.3 Å². The summed E-state index contributed by atoms with van der Waals surface area (Å²) < 4.78 is 42.4. The zero-order chi connectivity index (χ0) is 18.4. The summed E-state index contributed by atoms with van der Waals surface area (Å²) in [4.78, 5) is 27.4. The lowest BCUT2D eigenvalue weighted by Gasteiger charge is -2.23. The fourth-order valence-corrected chi connectivity index (χ4v) is 3.07. The van der Waals surface area contributed by atoms with E-state index in [4.69, 9.17) is 4.74 Å². The average molecular weight is 371 g/mol. The third-order valence-electron chi connectivity index (χ3n) is 3.46. The van der Waals surface area contributed by atoms with Crippen LogP contribution in [-0.4, -0.2) is 29.1 Å². The molecule has 0 bridgehead atoms. The van der Waals surface area contributed by atoms with Gasteiger partial charge >= 0.3 is 12.1 Å². The van der Waals surface area contributed by atoms with Crippen LogP contribution >= 0.6 is 11.3 Å². The van der Waals surface area contributed by atoms with Crippen LogP contribution in [0, 0.1) is 6.92 Å². The fraction of sp³-hybridized carbons (Fsp3) is 0.267. The van der Waals surface area contributed by atoms with Crippen LogP contribution in [0.2, 0.25) is 0 Å². The molecule has 0 saturated carbocycles. The van der Waals surface area contributed by atoms with Crippen molar-refractivity contribution < 1.29 is 27.5 Å². The molecule has 1 aliphatic heterocycles. The number of benzene rings is 1. The molecule has 132 valence electrons. The second-order valence-electron chi connectivity index (χ2n) is 5.34. The van der Waals surface area contributed by atoms with Crippen LogP contribution < -0.4 is 15.4 Å². The lowest BCUT2D eigenvalue weighted by Crippen LogP contribution is -2.34. The van der Waals surface area contributed by atoms with Crippen LogP contribution in [0.25, 0.3) is 11.3 Å². The van der Waals surface area contributed by atoms with Crippen molar-refractivity contribution in [1.29, 1.82) is 0 Å². The number of hydrogen-bond acceptors (Lipinski definition) is 5. The van der Waals surface area contributed by atoms with E-state index in [1.165, 1.54) is 0 Å². The van der Waals surface area contributed by atoms with E-state index in [0.29, 0.717) is 27.6 Å². The molecule has 2 N–H and O–H groups in total. The Bertz CT molecular complexity index is 863. The molecule has 1 aliphatic rings. The van der Waals surface area contributed by atoms with Crippen LogP contribution in [0.5, 0.6) is 5.75 Å². The highest BCUT2D eigenvalue weighted by Gasteiger charge is 2.39. The van der Waals surface area contributed by atoms with Gasteiger partial charge in [0.1, 0.15) is 5.75 Å². The van der Waals surface area contributed by atoms with E-state index in [1.54, 1.807) is 37.4 Å². The van der Waals surface area contributed by atoms with E-state index in [9.17, 15) is 22.8 Å². The molecule has 3 rings (SSSR count). The SMILES string of the molecule is Cc1sc(NC(=O)C(F)(F)F)nc1-c1ccc2c(c1)NC(=O)C(C)O2. The molecule has 2 heterocycles. The number of thiazole rings is 1. The maximum absolute atomic E-state index is 12.3. The van der Waals surface area contributed by atoms with Crippen molar-refractivity contribution >= 4 is 34.0 Å². The molecule has 2 amide bonds. The zero-order valence-electron chi connectivity index (χ0n) is 13.0. The Balaban J connectivity index is 1.89. The minimum atomic E-state index is -4.98. The minimum Gasteiger partial charge on any atom is -0.479 e. The number of nitrogens with one attached hydrogen (secondary N) is 2. The van der Waals surface area contributed by atoms with Crippen LogP contribution in [-0.2, 0) is 9.59 Å². The predicted molar refractivity (Wildman–Crippen MR) is 85.7 cm³/mol. The molecular formula is C15H12F3N3O3S. The molecule has 0 fully saturated rings. The van der Waals surface area contributed by atoms with Crippen molar-refractivity contribution in [2.75, 3.05) is 10.6 Å². The monoisotopic (exact) mass is 371 g/mol. The largest absolute Gasteiger partial charge is 0.479 e. The summed E-state index contributed by atoms with van der Waals surface area (Å²) in [7, 11) is 0. The molecular weight excluding hydrogens is 359 g/mol. The number of aryl methyl sites for hydroxylation is 1. The molecule has 10 heteroatoms. The third kappa shape index (κ3) is 3.43. The predicted octanol–water partition coefficient (Wildman–Crippen LogP) is 3.34. The van der Waals surface area contributed by atoms with Gasteiger partial charge in [0.15, 0.2) is 11.2 Å². The maximum atomic E-state index is 12.3. The van der Waals surface area contributed by atoms with Gasteiger partial charge in [-0.05, 0) is 32.0 Å². The molecule has 1 atom stereocenters. The van der Waals surface area contributed by atoms with Crippen molar-refractivity contribution in [2.45, 2.75) is 26.1 Å². The number of nitrogens with zero attached hydrogens (tertiary/aromatic N) is 1. The quantitative estimate of drug-likeness (QED) is 0.849. The number of rotatable bonds is 2. The first kappa shape index (κ1) is 17.2. The molecule has 0 spiro atoms. The number of ether oxygens (including phenoxy) is 1. The number of carbonyl (C=O) groups is 2. The Labute approximate surface area is 144 Å². The summed E-state index contributed by atoms with van der Waals surface area (Å²) in [5.74, 6) is -1.87. The highest BCUT2D eigenvalue weighted by Crippen LogP contribution is 2.37. The number of hydrogen-bond donors (Lipinski definition) is 2. The van der Waals surface area contributed by atoms with Gasteiger partial charge in [0.25, 0.3) is 5.91 Å². The van der Waals surface area contributed by atoms with Gasteiger partial charge in [-0.3, -0.25) is 14.9 Å². The van der Waals surface area contributed by atoms with Crippen molar-refractivity contribution in [2.24, 2.45) is 0 Å². The Morgan fingerprint density at radius 2 is 2.12 bits per heavy atom. The van der Waals surface area contributed by atoms with Crippen molar-refractivity contribution in [3.05, 3.63) is 23.1 Å².